The number of aromatic nitrogens is 1. The number of ketones is 2. The van der Waals surface area contributed by atoms with Crippen molar-refractivity contribution in [2.24, 2.45) is 0 Å². The Morgan fingerprint density at radius 2 is 1.47 bits per heavy atom. The number of Topliss-reactive ketones (excluding diaryl/α,β-unsaturated/α-hetero) is 1. The quantitative estimate of drug-likeness (QED) is 0.350. The first kappa shape index (κ1) is 19.6. The van der Waals surface area contributed by atoms with Crippen LogP contribution in [-0.2, 0) is 4.74 Å². The molecule has 5 nitrogen and oxygen atoms in total. The summed E-state index contributed by atoms with van der Waals surface area (Å²) in [6, 6.07) is 20.1. The molecule has 0 atom stereocenters. The third-order valence-corrected chi connectivity index (χ3v) is 4.97. The Hall–Kier alpha value is -3.70. The molecule has 0 aliphatic rings. The molecule has 0 unspecified atom stereocenters. The van der Waals surface area contributed by atoms with Crippen LogP contribution in [-0.4, -0.2) is 29.1 Å². The molecule has 0 radical (unpaired) electrons. The average molecular weight is 418 g/mol. The molecule has 1 aromatic heterocycles. The molecule has 0 saturated carbocycles. The van der Waals surface area contributed by atoms with Gasteiger partial charge in [0.25, 0.3) is 0 Å². The van der Waals surface area contributed by atoms with E-state index in [2.05, 4.69) is 4.98 Å². The summed E-state index contributed by atoms with van der Waals surface area (Å²) >= 11 is 5.87. The fourth-order valence-corrected chi connectivity index (χ4v) is 3.33. The molecule has 4 aromatic rings. The van der Waals surface area contributed by atoms with E-state index in [0.717, 1.165) is 10.9 Å². The van der Waals surface area contributed by atoms with Crippen LogP contribution in [0.1, 0.15) is 36.6 Å². The average Bonchev–Trinajstić information content (AvgIpc) is 3.21. The van der Waals surface area contributed by atoms with Gasteiger partial charge >= 0.3 is 5.97 Å². The second-order valence-corrected chi connectivity index (χ2v) is 7.07. The maximum atomic E-state index is 12.8. The number of carbonyl (C=O) groups is 3. The summed E-state index contributed by atoms with van der Waals surface area (Å²) in [7, 11) is 0. The van der Waals surface area contributed by atoms with E-state index in [1.165, 1.54) is 6.07 Å². The number of fused-ring (bicyclic) bond motifs is 1. The summed E-state index contributed by atoms with van der Waals surface area (Å²) < 4.78 is 5.23. The Morgan fingerprint density at radius 1 is 0.800 bits per heavy atom. The number of aromatic amines is 1. The van der Waals surface area contributed by atoms with E-state index in [9.17, 15) is 14.4 Å². The molecule has 6 heteroatoms. The molecule has 4 rings (SSSR count). The molecule has 0 bridgehead atoms. The van der Waals surface area contributed by atoms with Crippen LogP contribution in [0.3, 0.4) is 0 Å². The first-order chi connectivity index (χ1) is 14.5. The minimum Gasteiger partial charge on any atom is -0.454 e. The Kier molecular flexibility index (Phi) is 5.46. The first-order valence-electron chi connectivity index (χ1n) is 9.20. The van der Waals surface area contributed by atoms with Gasteiger partial charge in [0.05, 0.1) is 5.56 Å². The van der Waals surface area contributed by atoms with Crippen LogP contribution in [0.15, 0.2) is 79.0 Å². The molecule has 0 aliphatic heterocycles. The number of hydrogen-bond acceptors (Lipinski definition) is 4. The van der Waals surface area contributed by atoms with Gasteiger partial charge in [0.1, 0.15) is 0 Å². The lowest BCUT2D eigenvalue weighted by Gasteiger charge is -2.09. The van der Waals surface area contributed by atoms with Crippen molar-refractivity contribution in [1.82, 2.24) is 4.98 Å². The summed E-state index contributed by atoms with van der Waals surface area (Å²) in [6.07, 6.45) is 1.60. The minimum absolute atomic E-state index is 0.101. The molecule has 0 amide bonds. The number of nitrogens with one attached hydrogen (secondary N) is 1. The van der Waals surface area contributed by atoms with Gasteiger partial charge in [-0.15, -0.1) is 0 Å². The van der Waals surface area contributed by atoms with Gasteiger partial charge in [-0.25, -0.2) is 4.79 Å². The van der Waals surface area contributed by atoms with Gasteiger partial charge in [-0.2, -0.15) is 0 Å². The molecular weight excluding hydrogens is 402 g/mol. The fraction of sp³-hybridized carbons (Fsp3) is 0.0417. The molecule has 0 saturated heterocycles. The van der Waals surface area contributed by atoms with Crippen LogP contribution in [0.25, 0.3) is 10.9 Å². The van der Waals surface area contributed by atoms with Crippen LogP contribution in [0, 0.1) is 0 Å². The third-order valence-electron chi connectivity index (χ3n) is 4.72. The van der Waals surface area contributed by atoms with Gasteiger partial charge in [-0.05, 0) is 36.4 Å². The Balaban J connectivity index is 1.52. The van der Waals surface area contributed by atoms with Crippen molar-refractivity contribution in [2.75, 3.05) is 6.61 Å². The van der Waals surface area contributed by atoms with Crippen molar-refractivity contribution in [3.8, 4) is 0 Å². The molecule has 30 heavy (non-hydrogen) atoms. The number of benzene rings is 3. The van der Waals surface area contributed by atoms with Crippen molar-refractivity contribution in [3.05, 3.63) is 106 Å². The molecule has 1 N–H and O–H groups in total. The standard InChI is InChI=1S/C24H16ClNO4/c25-16-11-9-15(10-12-16)23(28)18-6-1-2-7-19(18)24(29)30-14-22(27)20-13-26-21-8-4-3-5-17(20)21/h1-13,26H,14H2. The highest BCUT2D eigenvalue weighted by Gasteiger charge is 2.21. The number of ether oxygens (including phenoxy) is 1. The van der Waals surface area contributed by atoms with E-state index in [1.807, 2.05) is 24.3 Å². The molecule has 0 fully saturated rings. The monoisotopic (exact) mass is 417 g/mol. The normalized spacial score (nSPS) is 10.7. The van der Waals surface area contributed by atoms with Crippen LogP contribution in [0.5, 0.6) is 0 Å². The van der Waals surface area contributed by atoms with Gasteiger partial charge in [0, 0.05) is 38.8 Å². The molecule has 1 heterocycles. The van der Waals surface area contributed by atoms with Gasteiger partial charge in [-0.3, -0.25) is 9.59 Å². The zero-order valence-electron chi connectivity index (χ0n) is 15.7. The van der Waals surface area contributed by atoms with Crippen molar-refractivity contribution in [1.29, 1.82) is 0 Å². The molecule has 148 valence electrons. The minimum atomic E-state index is -0.735. The van der Waals surface area contributed by atoms with E-state index in [0.29, 0.717) is 16.1 Å². The highest BCUT2D eigenvalue weighted by atomic mass is 35.5. The number of H-pyrrole nitrogens is 1. The molecule has 0 spiro atoms. The number of esters is 1. The van der Waals surface area contributed by atoms with E-state index in [1.54, 1.807) is 48.7 Å². The SMILES string of the molecule is O=C(OCC(=O)c1c[nH]c2ccccc12)c1ccccc1C(=O)c1ccc(Cl)cc1. The Morgan fingerprint density at radius 3 is 2.23 bits per heavy atom. The Bertz CT molecular complexity index is 1260. The summed E-state index contributed by atoms with van der Waals surface area (Å²) in [5, 5.41) is 1.27. The predicted octanol–water partition coefficient (Wildman–Crippen LogP) is 5.09. The Labute approximate surface area is 177 Å². The van der Waals surface area contributed by atoms with Crippen LogP contribution in [0.4, 0.5) is 0 Å². The summed E-state index contributed by atoms with van der Waals surface area (Å²) in [5.74, 6) is -1.40. The second kappa shape index (κ2) is 8.35. The number of para-hydroxylation sites is 1. The number of rotatable bonds is 6. The van der Waals surface area contributed by atoms with E-state index in [-0.39, 0.29) is 22.7 Å². The zero-order chi connectivity index (χ0) is 21.1. The van der Waals surface area contributed by atoms with Gasteiger partial charge in [0.15, 0.2) is 12.4 Å². The maximum Gasteiger partial charge on any atom is 0.339 e. The first-order valence-corrected chi connectivity index (χ1v) is 9.58. The van der Waals surface area contributed by atoms with Crippen molar-refractivity contribution < 1.29 is 19.1 Å². The van der Waals surface area contributed by atoms with Crippen LogP contribution < -0.4 is 0 Å². The summed E-state index contributed by atoms with van der Waals surface area (Å²) in [4.78, 5) is 41.0. The summed E-state index contributed by atoms with van der Waals surface area (Å²) in [5.41, 5.74) is 1.97. The smallest absolute Gasteiger partial charge is 0.339 e. The lowest BCUT2D eigenvalue weighted by atomic mass is 9.98. The van der Waals surface area contributed by atoms with E-state index >= 15 is 0 Å². The number of hydrogen-bond donors (Lipinski definition) is 1. The fourth-order valence-electron chi connectivity index (χ4n) is 3.20. The highest BCUT2D eigenvalue weighted by molar-refractivity contribution is 6.30. The number of carbonyl (C=O) groups excluding carboxylic acids is 3. The lowest BCUT2D eigenvalue weighted by molar-refractivity contribution is 0.0473. The topological polar surface area (TPSA) is 76.2 Å². The molecule has 0 aliphatic carbocycles. The third kappa shape index (κ3) is 3.88. The maximum absolute atomic E-state index is 12.8. The van der Waals surface area contributed by atoms with Crippen LogP contribution in [0.2, 0.25) is 5.02 Å². The molecular formula is C24H16ClNO4. The van der Waals surface area contributed by atoms with Crippen molar-refractivity contribution in [2.45, 2.75) is 0 Å². The van der Waals surface area contributed by atoms with Gasteiger partial charge in [-0.1, -0.05) is 48.0 Å². The zero-order valence-corrected chi connectivity index (χ0v) is 16.5. The largest absolute Gasteiger partial charge is 0.454 e. The highest BCUT2D eigenvalue weighted by Crippen LogP contribution is 2.20. The van der Waals surface area contributed by atoms with E-state index < -0.39 is 12.6 Å². The van der Waals surface area contributed by atoms with E-state index in [4.69, 9.17) is 16.3 Å². The van der Waals surface area contributed by atoms with Gasteiger partial charge < -0.3 is 9.72 Å². The predicted molar refractivity (Wildman–Crippen MR) is 114 cm³/mol. The number of halogens is 1. The van der Waals surface area contributed by atoms with Gasteiger partial charge in [0.2, 0.25) is 5.78 Å². The van der Waals surface area contributed by atoms with Crippen molar-refractivity contribution in [3.63, 3.8) is 0 Å². The van der Waals surface area contributed by atoms with Crippen LogP contribution >= 0.6 is 11.6 Å². The summed E-state index contributed by atoms with van der Waals surface area (Å²) in [6.45, 7) is -0.426. The lowest BCUT2D eigenvalue weighted by Crippen LogP contribution is -2.17. The second-order valence-electron chi connectivity index (χ2n) is 6.63. The molecule has 3 aromatic carbocycles. The van der Waals surface area contributed by atoms with Crippen molar-refractivity contribution >= 4 is 40.0 Å².